The van der Waals surface area contributed by atoms with E-state index in [4.69, 9.17) is 5.11 Å². The number of rotatable bonds is 6. The van der Waals surface area contributed by atoms with Gasteiger partial charge in [-0.25, -0.2) is 0 Å². The van der Waals surface area contributed by atoms with E-state index in [-0.39, 0.29) is 5.92 Å². The molecule has 0 aliphatic heterocycles. The van der Waals surface area contributed by atoms with Crippen molar-refractivity contribution in [1.82, 2.24) is 0 Å². The van der Waals surface area contributed by atoms with Crippen LogP contribution in [0.2, 0.25) is 0 Å². The summed E-state index contributed by atoms with van der Waals surface area (Å²) in [5, 5.41) is 7.00. The predicted molar refractivity (Wildman–Crippen MR) is 76.7 cm³/mol. The van der Waals surface area contributed by atoms with Crippen LogP contribution in [-0.2, 0) is 4.79 Å². The molecule has 0 fully saturated rings. The Balaban J connectivity index is 0.00000137. The van der Waals surface area contributed by atoms with E-state index in [1.54, 1.807) is 6.92 Å². The standard InChI is InChI=1S/C15H22O.CH4O/c1-4-14(13(3)16)11-10-12(2)15-8-6-5-7-9-15;1-2/h5-9,12,14H,4,10-11H2,1-3H3;2H,1H3. The van der Waals surface area contributed by atoms with E-state index in [2.05, 4.69) is 38.1 Å². The molecule has 0 aliphatic rings. The van der Waals surface area contributed by atoms with Crippen LogP contribution in [-0.4, -0.2) is 18.0 Å². The smallest absolute Gasteiger partial charge is 0.132 e. The first-order chi connectivity index (χ1) is 8.65. The van der Waals surface area contributed by atoms with Gasteiger partial charge in [0.05, 0.1) is 0 Å². The van der Waals surface area contributed by atoms with Gasteiger partial charge in [0.2, 0.25) is 0 Å². The van der Waals surface area contributed by atoms with E-state index < -0.39 is 0 Å². The van der Waals surface area contributed by atoms with E-state index in [9.17, 15) is 4.79 Å². The molecule has 1 aromatic carbocycles. The van der Waals surface area contributed by atoms with Crippen LogP contribution in [0.1, 0.15) is 51.5 Å². The lowest BCUT2D eigenvalue weighted by atomic mass is 9.89. The van der Waals surface area contributed by atoms with Gasteiger partial charge in [0.25, 0.3) is 0 Å². The Hall–Kier alpha value is -1.15. The molecule has 0 amide bonds. The fourth-order valence-corrected chi connectivity index (χ4v) is 2.09. The topological polar surface area (TPSA) is 37.3 Å². The molecule has 0 aliphatic carbocycles. The molecular formula is C16H26O2. The van der Waals surface area contributed by atoms with Gasteiger partial charge in [-0.1, -0.05) is 44.2 Å². The highest BCUT2D eigenvalue weighted by Crippen LogP contribution is 2.24. The van der Waals surface area contributed by atoms with E-state index in [1.165, 1.54) is 5.56 Å². The van der Waals surface area contributed by atoms with Crippen molar-refractivity contribution in [3.8, 4) is 0 Å². The SMILES string of the molecule is CCC(CCC(C)c1ccccc1)C(C)=O.CO. The first-order valence-electron chi connectivity index (χ1n) is 6.65. The lowest BCUT2D eigenvalue weighted by Gasteiger charge is -2.15. The number of ketones is 1. The molecule has 2 nitrogen and oxygen atoms in total. The minimum Gasteiger partial charge on any atom is -0.400 e. The van der Waals surface area contributed by atoms with Gasteiger partial charge in [-0.05, 0) is 37.7 Å². The molecule has 0 saturated heterocycles. The molecule has 102 valence electrons. The molecule has 18 heavy (non-hydrogen) atoms. The highest BCUT2D eigenvalue weighted by atomic mass is 16.2. The van der Waals surface area contributed by atoms with Crippen molar-refractivity contribution in [2.45, 2.75) is 46.0 Å². The highest BCUT2D eigenvalue weighted by molar-refractivity contribution is 5.78. The van der Waals surface area contributed by atoms with Gasteiger partial charge in [0.1, 0.15) is 5.78 Å². The van der Waals surface area contributed by atoms with E-state index in [1.807, 2.05) is 6.07 Å². The van der Waals surface area contributed by atoms with E-state index >= 15 is 0 Å². The normalized spacial score (nSPS) is 13.2. The van der Waals surface area contributed by atoms with E-state index in [0.29, 0.717) is 11.7 Å². The number of carbonyl (C=O) groups is 1. The van der Waals surface area contributed by atoms with Crippen molar-refractivity contribution in [2.75, 3.05) is 7.11 Å². The molecule has 1 rings (SSSR count). The van der Waals surface area contributed by atoms with Crippen molar-refractivity contribution in [3.05, 3.63) is 35.9 Å². The second-order valence-corrected chi connectivity index (χ2v) is 4.60. The zero-order valence-electron chi connectivity index (χ0n) is 12.0. The van der Waals surface area contributed by atoms with Crippen molar-refractivity contribution in [2.24, 2.45) is 5.92 Å². The predicted octanol–water partition coefficient (Wildman–Crippen LogP) is 3.79. The summed E-state index contributed by atoms with van der Waals surface area (Å²) in [4.78, 5) is 11.3. The summed E-state index contributed by atoms with van der Waals surface area (Å²) in [6, 6.07) is 10.5. The average molecular weight is 250 g/mol. The Labute approximate surface area is 111 Å². The van der Waals surface area contributed by atoms with Crippen LogP contribution in [0.25, 0.3) is 0 Å². The third kappa shape index (κ3) is 5.97. The minimum absolute atomic E-state index is 0.256. The second-order valence-electron chi connectivity index (χ2n) is 4.60. The summed E-state index contributed by atoms with van der Waals surface area (Å²) in [7, 11) is 1.00. The molecule has 0 saturated carbocycles. The Bertz CT molecular complexity index is 319. The van der Waals surface area contributed by atoms with Gasteiger partial charge in [0.15, 0.2) is 0 Å². The number of aliphatic hydroxyl groups excluding tert-OH is 1. The first-order valence-corrected chi connectivity index (χ1v) is 6.65. The van der Waals surface area contributed by atoms with Gasteiger partial charge in [-0.15, -0.1) is 0 Å². The zero-order chi connectivity index (χ0) is 14.0. The van der Waals surface area contributed by atoms with Crippen molar-refractivity contribution >= 4 is 5.78 Å². The second kappa shape index (κ2) is 9.84. The number of hydrogen-bond acceptors (Lipinski definition) is 2. The Morgan fingerprint density at radius 1 is 1.17 bits per heavy atom. The number of carbonyl (C=O) groups excluding carboxylic acids is 1. The maximum Gasteiger partial charge on any atom is 0.132 e. The maximum absolute atomic E-state index is 11.3. The summed E-state index contributed by atoms with van der Waals surface area (Å²) in [6.07, 6.45) is 3.08. The van der Waals surface area contributed by atoms with Crippen LogP contribution in [0.3, 0.4) is 0 Å². The summed E-state index contributed by atoms with van der Waals surface area (Å²) in [6.45, 7) is 6.04. The third-order valence-electron chi connectivity index (χ3n) is 3.38. The molecule has 0 radical (unpaired) electrons. The van der Waals surface area contributed by atoms with Crippen LogP contribution in [0.4, 0.5) is 0 Å². The number of hydrogen-bond donors (Lipinski definition) is 1. The molecule has 0 bridgehead atoms. The monoisotopic (exact) mass is 250 g/mol. The Kier molecular flexibility index (Phi) is 9.21. The van der Waals surface area contributed by atoms with Crippen LogP contribution in [0.15, 0.2) is 30.3 Å². The van der Waals surface area contributed by atoms with Crippen LogP contribution in [0.5, 0.6) is 0 Å². The minimum atomic E-state index is 0.256. The summed E-state index contributed by atoms with van der Waals surface area (Å²) < 4.78 is 0. The number of Topliss-reactive ketones (excluding diaryl/α,β-unsaturated/α-hetero) is 1. The number of aliphatic hydroxyl groups is 1. The molecule has 2 heteroatoms. The zero-order valence-corrected chi connectivity index (χ0v) is 12.0. The van der Waals surface area contributed by atoms with Crippen molar-refractivity contribution < 1.29 is 9.90 Å². The van der Waals surface area contributed by atoms with Crippen molar-refractivity contribution in [1.29, 1.82) is 0 Å². The number of benzene rings is 1. The quantitative estimate of drug-likeness (QED) is 0.834. The van der Waals surface area contributed by atoms with Gasteiger partial charge in [-0.3, -0.25) is 4.79 Å². The molecule has 0 heterocycles. The summed E-state index contributed by atoms with van der Waals surface area (Å²) in [5.74, 6) is 1.14. The van der Waals surface area contributed by atoms with Crippen LogP contribution >= 0.6 is 0 Å². The fourth-order valence-electron chi connectivity index (χ4n) is 2.09. The van der Waals surface area contributed by atoms with Crippen LogP contribution < -0.4 is 0 Å². The Morgan fingerprint density at radius 3 is 2.17 bits per heavy atom. The van der Waals surface area contributed by atoms with Crippen LogP contribution in [0, 0.1) is 5.92 Å². The van der Waals surface area contributed by atoms with Crippen molar-refractivity contribution in [3.63, 3.8) is 0 Å². The van der Waals surface area contributed by atoms with Gasteiger partial charge < -0.3 is 5.11 Å². The summed E-state index contributed by atoms with van der Waals surface area (Å²) in [5.41, 5.74) is 1.38. The average Bonchev–Trinajstić information content (AvgIpc) is 2.42. The van der Waals surface area contributed by atoms with Gasteiger partial charge in [0, 0.05) is 13.0 Å². The molecular weight excluding hydrogens is 224 g/mol. The molecule has 2 atom stereocenters. The summed E-state index contributed by atoms with van der Waals surface area (Å²) >= 11 is 0. The first kappa shape index (κ1) is 16.9. The maximum atomic E-state index is 11.3. The lowest BCUT2D eigenvalue weighted by Crippen LogP contribution is -2.10. The van der Waals surface area contributed by atoms with E-state index in [0.717, 1.165) is 26.4 Å². The molecule has 0 aromatic heterocycles. The Morgan fingerprint density at radius 2 is 1.72 bits per heavy atom. The third-order valence-corrected chi connectivity index (χ3v) is 3.38. The molecule has 1 N–H and O–H groups in total. The highest BCUT2D eigenvalue weighted by Gasteiger charge is 2.13. The lowest BCUT2D eigenvalue weighted by molar-refractivity contribution is -0.121. The largest absolute Gasteiger partial charge is 0.400 e. The molecule has 0 spiro atoms. The molecule has 1 aromatic rings. The van der Waals surface area contributed by atoms with Gasteiger partial charge >= 0.3 is 0 Å². The molecule has 2 unspecified atom stereocenters. The van der Waals surface area contributed by atoms with Gasteiger partial charge in [-0.2, -0.15) is 0 Å². The fraction of sp³-hybridized carbons (Fsp3) is 0.562.